The summed E-state index contributed by atoms with van der Waals surface area (Å²) in [6.07, 6.45) is 11.7. The van der Waals surface area contributed by atoms with E-state index < -0.39 is 11.0 Å². The van der Waals surface area contributed by atoms with E-state index in [2.05, 4.69) is 23.2 Å². The van der Waals surface area contributed by atoms with Crippen molar-refractivity contribution in [2.75, 3.05) is 0 Å². The largest absolute Gasteiger partial charge is 0.383 e. The topological polar surface area (TPSA) is 50.9 Å². The zero-order chi connectivity index (χ0) is 18.6. The Bertz CT molecular complexity index is 785. The molecule has 1 N–H and O–H groups in total. The molecule has 0 radical (unpaired) electrons. The van der Waals surface area contributed by atoms with Gasteiger partial charge in [-0.15, -0.1) is 13.2 Å². The van der Waals surface area contributed by atoms with Gasteiger partial charge in [-0.25, -0.2) is 14.1 Å². The molecule has 136 valence electrons. The number of hydrogen-bond donors (Lipinski definition) is 1. The molecular weight excluding hydrogens is 329 g/mol. The third-order valence-electron chi connectivity index (χ3n) is 5.42. The van der Waals surface area contributed by atoms with Gasteiger partial charge in [0, 0.05) is 5.41 Å². The Labute approximate surface area is 153 Å². The van der Waals surface area contributed by atoms with Crippen LogP contribution in [0.1, 0.15) is 31.2 Å². The molecule has 1 aromatic heterocycles. The summed E-state index contributed by atoms with van der Waals surface area (Å²) in [6, 6.07) is 6.30. The predicted molar refractivity (Wildman–Crippen MR) is 101 cm³/mol. The van der Waals surface area contributed by atoms with Crippen LogP contribution in [0.15, 0.2) is 67.8 Å². The lowest BCUT2D eigenvalue weighted by Gasteiger charge is -2.42. The van der Waals surface area contributed by atoms with Gasteiger partial charge in [0.05, 0.1) is 6.54 Å². The first-order valence-electron chi connectivity index (χ1n) is 8.76. The van der Waals surface area contributed by atoms with Gasteiger partial charge in [-0.2, -0.15) is 5.10 Å². The van der Waals surface area contributed by atoms with E-state index >= 15 is 0 Å². The van der Waals surface area contributed by atoms with Gasteiger partial charge in [0.1, 0.15) is 24.1 Å². The number of aliphatic hydroxyl groups is 1. The highest BCUT2D eigenvalue weighted by Crippen LogP contribution is 2.55. The molecule has 0 bridgehead atoms. The number of allylic oxidation sites excluding steroid dienone is 2. The van der Waals surface area contributed by atoms with E-state index in [4.69, 9.17) is 0 Å². The first-order valence-corrected chi connectivity index (χ1v) is 8.76. The van der Waals surface area contributed by atoms with Crippen molar-refractivity contribution >= 4 is 6.08 Å². The van der Waals surface area contributed by atoms with Gasteiger partial charge in [-0.3, -0.25) is 0 Å². The summed E-state index contributed by atoms with van der Waals surface area (Å²) >= 11 is 0. The van der Waals surface area contributed by atoms with Crippen LogP contribution < -0.4 is 0 Å². The van der Waals surface area contributed by atoms with E-state index in [-0.39, 0.29) is 5.82 Å². The van der Waals surface area contributed by atoms with Gasteiger partial charge in [-0.05, 0) is 49.0 Å². The van der Waals surface area contributed by atoms with E-state index in [0.29, 0.717) is 19.4 Å². The zero-order valence-electron chi connectivity index (χ0n) is 14.8. The monoisotopic (exact) mass is 353 g/mol. The van der Waals surface area contributed by atoms with Gasteiger partial charge in [0.2, 0.25) is 0 Å². The smallest absolute Gasteiger partial charge is 0.137 e. The summed E-state index contributed by atoms with van der Waals surface area (Å²) in [5, 5.41) is 16.1. The summed E-state index contributed by atoms with van der Waals surface area (Å²) in [7, 11) is 0. The van der Waals surface area contributed by atoms with Crippen LogP contribution in [-0.4, -0.2) is 25.5 Å². The highest BCUT2D eigenvalue weighted by Gasteiger charge is 2.55. The van der Waals surface area contributed by atoms with E-state index in [1.165, 1.54) is 18.5 Å². The average Bonchev–Trinajstić information content (AvgIpc) is 3.20. The highest BCUT2D eigenvalue weighted by molar-refractivity contribution is 5.57. The first-order chi connectivity index (χ1) is 12.5. The summed E-state index contributed by atoms with van der Waals surface area (Å²) < 4.78 is 14.9. The van der Waals surface area contributed by atoms with Crippen molar-refractivity contribution in [3.8, 4) is 0 Å². The number of hydrogen-bond acceptors (Lipinski definition) is 3. The molecule has 1 aliphatic carbocycles. The number of rotatable bonds is 7. The normalized spacial score (nSPS) is 23.2. The maximum Gasteiger partial charge on any atom is 0.137 e. The van der Waals surface area contributed by atoms with Gasteiger partial charge in [0.15, 0.2) is 0 Å². The predicted octanol–water partition coefficient (Wildman–Crippen LogP) is 4.16. The molecule has 0 aliphatic heterocycles. The summed E-state index contributed by atoms with van der Waals surface area (Å²) in [5.74, 6) is -0.274. The second-order valence-electron chi connectivity index (χ2n) is 6.94. The minimum absolute atomic E-state index is 0.274. The SMILES string of the molecule is C=CCC1(CC=C)CCC(=Cc2ccc(F)cc2)C1(O)Cn1cncn1. The Morgan fingerprint density at radius 3 is 2.46 bits per heavy atom. The molecule has 1 aliphatic rings. The first kappa shape index (κ1) is 18.3. The van der Waals surface area contributed by atoms with Crippen LogP contribution in [0.25, 0.3) is 6.08 Å². The molecule has 4 nitrogen and oxygen atoms in total. The average molecular weight is 353 g/mol. The van der Waals surface area contributed by atoms with Gasteiger partial charge in [0.25, 0.3) is 0 Å². The second-order valence-corrected chi connectivity index (χ2v) is 6.94. The fourth-order valence-corrected chi connectivity index (χ4v) is 4.08. The quantitative estimate of drug-likeness (QED) is 0.760. The van der Waals surface area contributed by atoms with Crippen molar-refractivity contribution in [3.63, 3.8) is 0 Å². The lowest BCUT2D eigenvalue weighted by Crippen LogP contribution is -2.48. The maximum absolute atomic E-state index is 13.2. The van der Waals surface area contributed by atoms with Crippen LogP contribution in [0.3, 0.4) is 0 Å². The standard InChI is InChI=1S/C21H24FN3O/c1-3-10-20(11-4-2)12-9-18(13-17-5-7-19(22)8-6-17)21(20,26)14-25-16-23-15-24-25/h3-8,13,15-16,26H,1-2,9-12,14H2. The Morgan fingerprint density at radius 2 is 1.88 bits per heavy atom. The lowest BCUT2D eigenvalue weighted by molar-refractivity contribution is -0.0473. The molecule has 0 amide bonds. The minimum atomic E-state index is -1.11. The minimum Gasteiger partial charge on any atom is -0.383 e. The molecule has 0 saturated heterocycles. The van der Waals surface area contributed by atoms with Gasteiger partial charge >= 0.3 is 0 Å². The van der Waals surface area contributed by atoms with E-state index in [9.17, 15) is 9.50 Å². The lowest BCUT2D eigenvalue weighted by atomic mass is 9.68. The Morgan fingerprint density at radius 1 is 1.19 bits per heavy atom. The summed E-state index contributed by atoms with van der Waals surface area (Å²) in [5.41, 5.74) is 0.279. The third kappa shape index (κ3) is 3.27. The summed E-state index contributed by atoms with van der Waals surface area (Å²) in [6.45, 7) is 8.09. The number of nitrogens with zero attached hydrogens (tertiary/aromatic N) is 3. The Balaban J connectivity index is 2.06. The van der Waals surface area contributed by atoms with Gasteiger partial charge < -0.3 is 5.11 Å². The Hall–Kier alpha value is -2.53. The maximum atomic E-state index is 13.2. The summed E-state index contributed by atoms with van der Waals surface area (Å²) in [4.78, 5) is 3.99. The van der Waals surface area contributed by atoms with Crippen LogP contribution >= 0.6 is 0 Å². The molecule has 1 fully saturated rings. The molecule has 2 aromatic rings. The van der Waals surface area contributed by atoms with Crippen LogP contribution in [0.4, 0.5) is 4.39 Å². The fourth-order valence-electron chi connectivity index (χ4n) is 4.08. The van der Waals surface area contributed by atoms with E-state index in [1.807, 2.05) is 18.2 Å². The molecule has 1 heterocycles. The molecule has 5 heteroatoms. The van der Waals surface area contributed by atoms with Crippen molar-refractivity contribution in [2.24, 2.45) is 5.41 Å². The molecule has 0 spiro atoms. The van der Waals surface area contributed by atoms with E-state index in [0.717, 1.165) is 24.0 Å². The fraction of sp³-hybridized carbons (Fsp3) is 0.333. The van der Waals surface area contributed by atoms with Crippen molar-refractivity contribution in [2.45, 2.75) is 37.8 Å². The number of halogens is 1. The van der Waals surface area contributed by atoms with Crippen molar-refractivity contribution < 1.29 is 9.50 Å². The second kappa shape index (κ2) is 7.38. The van der Waals surface area contributed by atoms with Crippen LogP contribution in [-0.2, 0) is 6.54 Å². The van der Waals surface area contributed by atoms with Gasteiger partial charge in [-0.1, -0.05) is 30.4 Å². The molecule has 3 rings (SSSR count). The Kier molecular flexibility index (Phi) is 5.18. The highest BCUT2D eigenvalue weighted by atomic mass is 19.1. The molecule has 1 atom stereocenters. The molecule has 1 saturated carbocycles. The van der Waals surface area contributed by atoms with Crippen LogP contribution in [0.2, 0.25) is 0 Å². The van der Waals surface area contributed by atoms with Crippen molar-refractivity contribution in [3.05, 3.63) is 79.2 Å². The molecule has 26 heavy (non-hydrogen) atoms. The molecule has 1 aromatic carbocycles. The van der Waals surface area contributed by atoms with Crippen molar-refractivity contribution in [1.82, 2.24) is 14.8 Å². The zero-order valence-corrected chi connectivity index (χ0v) is 14.8. The van der Waals surface area contributed by atoms with E-state index in [1.54, 1.807) is 23.1 Å². The van der Waals surface area contributed by atoms with Crippen LogP contribution in [0.5, 0.6) is 0 Å². The molecule has 1 unspecified atom stereocenters. The third-order valence-corrected chi connectivity index (χ3v) is 5.42. The molecular formula is C21H24FN3O. The van der Waals surface area contributed by atoms with Crippen LogP contribution in [0, 0.1) is 11.2 Å². The number of benzene rings is 1. The number of aromatic nitrogens is 3. The van der Waals surface area contributed by atoms with Crippen molar-refractivity contribution in [1.29, 1.82) is 0 Å².